The number of nitrogens with two attached hydrogens (primary N) is 1. The topological polar surface area (TPSA) is 56.7 Å². The third kappa shape index (κ3) is 3.10. The lowest BCUT2D eigenvalue weighted by atomic mass is 10.1. The van der Waals surface area contributed by atoms with Crippen LogP contribution in [-0.2, 0) is 6.54 Å². The molecule has 1 rings (SSSR count). The molecule has 0 bridgehead atoms. The lowest BCUT2D eigenvalue weighted by Crippen LogP contribution is -2.08. The molecule has 1 heterocycles. The Bertz CT molecular complexity index is 267. The third-order valence-electron chi connectivity index (χ3n) is 2.30. The highest BCUT2D eigenvalue weighted by Crippen LogP contribution is 2.09. The van der Waals surface area contributed by atoms with Gasteiger partial charge in [0.05, 0.1) is 11.9 Å². The molecule has 0 saturated carbocycles. The molecule has 0 aliphatic rings. The van der Waals surface area contributed by atoms with Gasteiger partial charge in [0.25, 0.3) is 0 Å². The zero-order chi connectivity index (χ0) is 10.6. The van der Waals surface area contributed by atoms with E-state index in [-0.39, 0.29) is 6.04 Å². The molecular formula is C10H20N4. The monoisotopic (exact) mass is 196 g/mol. The van der Waals surface area contributed by atoms with Crippen LogP contribution in [0.4, 0.5) is 0 Å². The summed E-state index contributed by atoms with van der Waals surface area (Å²) >= 11 is 0. The number of hydrogen-bond donors (Lipinski definition) is 1. The lowest BCUT2D eigenvalue weighted by molar-refractivity contribution is 0.414. The van der Waals surface area contributed by atoms with Crippen LogP contribution in [0.3, 0.4) is 0 Å². The molecule has 0 aliphatic heterocycles. The average Bonchev–Trinajstić information content (AvgIpc) is 2.53. The molecule has 0 amide bonds. The van der Waals surface area contributed by atoms with E-state index in [2.05, 4.69) is 24.2 Å². The maximum Gasteiger partial charge on any atom is 0.0991 e. The van der Waals surface area contributed by atoms with Gasteiger partial charge in [-0.1, -0.05) is 25.5 Å². The molecule has 0 fully saturated rings. The number of aromatic nitrogens is 3. The Morgan fingerprint density at radius 3 is 2.71 bits per heavy atom. The first-order chi connectivity index (χ1) is 6.63. The van der Waals surface area contributed by atoms with Crippen LogP contribution in [0.2, 0.25) is 0 Å². The molecule has 1 aromatic rings. The first kappa shape index (κ1) is 11.2. The molecule has 0 spiro atoms. The van der Waals surface area contributed by atoms with Crippen LogP contribution in [0.25, 0.3) is 0 Å². The summed E-state index contributed by atoms with van der Waals surface area (Å²) in [7, 11) is 0. The largest absolute Gasteiger partial charge is 0.323 e. The molecule has 2 N–H and O–H groups in total. The van der Waals surface area contributed by atoms with Crippen LogP contribution < -0.4 is 5.73 Å². The van der Waals surface area contributed by atoms with E-state index >= 15 is 0 Å². The van der Waals surface area contributed by atoms with Crippen molar-refractivity contribution in [3.8, 4) is 0 Å². The van der Waals surface area contributed by atoms with E-state index in [1.807, 2.05) is 17.8 Å². The van der Waals surface area contributed by atoms with Crippen molar-refractivity contribution in [2.24, 2.45) is 11.7 Å². The van der Waals surface area contributed by atoms with Crippen molar-refractivity contribution in [3.63, 3.8) is 0 Å². The summed E-state index contributed by atoms with van der Waals surface area (Å²) in [6.07, 6.45) is 4.39. The fourth-order valence-electron chi connectivity index (χ4n) is 1.51. The summed E-state index contributed by atoms with van der Waals surface area (Å²) in [4.78, 5) is 0. The smallest absolute Gasteiger partial charge is 0.0991 e. The van der Waals surface area contributed by atoms with Gasteiger partial charge in [0.15, 0.2) is 0 Å². The molecule has 0 saturated heterocycles. The van der Waals surface area contributed by atoms with E-state index in [0.717, 1.165) is 12.2 Å². The maximum absolute atomic E-state index is 5.70. The summed E-state index contributed by atoms with van der Waals surface area (Å²) in [5.41, 5.74) is 6.57. The summed E-state index contributed by atoms with van der Waals surface area (Å²) in [5.74, 6) is 0.655. The predicted molar refractivity (Wildman–Crippen MR) is 56.7 cm³/mol. The Labute approximate surface area is 85.5 Å². The molecule has 14 heavy (non-hydrogen) atoms. The van der Waals surface area contributed by atoms with Crippen LogP contribution in [0, 0.1) is 5.92 Å². The number of nitrogens with zero attached hydrogens (tertiary/aromatic N) is 3. The lowest BCUT2D eigenvalue weighted by Gasteiger charge is -2.08. The minimum atomic E-state index is -0.0229. The molecule has 0 aliphatic carbocycles. The van der Waals surface area contributed by atoms with Gasteiger partial charge >= 0.3 is 0 Å². The van der Waals surface area contributed by atoms with E-state index in [4.69, 9.17) is 5.73 Å². The van der Waals surface area contributed by atoms with Gasteiger partial charge in [-0.25, -0.2) is 0 Å². The van der Waals surface area contributed by atoms with Crippen LogP contribution >= 0.6 is 0 Å². The summed E-state index contributed by atoms with van der Waals surface area (Å²) in [6, 6.07) is -0.0229. The SMILES string of the molecule is CCCC(C)Cn1cc(C(C)N)nn1. The Morgan fingerprint density at radius 1 is 1.50 bits per heavy atom. The second-order valence-corrected chi connectivity index (χ2v) is 4.05. The minimum Gasteiger partial charge on any atom is -0.323 e. The Hall–Kier alpha value is -0.900. The van der Waals surface area contributed by atoms with Crippen LogP contribution in [0.5, 0.6) is 0 Å². The predicted octanol–water partition coefficient (Wildman–Crippen LogP) is 1.73. The highest BCUT2D eigenvalue weighted by atomic mass is 15.4. The van der Waals surface area contributed by atoms with Gasteiger partial charge in [-0.3, -0.25) is 4.68 Å². The highest BCUT2D eigenvalue weighted by molar-refractivity contribution is 4.97. The van der Waals surface area contributed by atoms with Crippen molar-refractivity contribution >= 4 is 0 Å². The van der Waals surface area contributed by atoms with Crippen molar-refractivity contribution in [2.75, 3.05) is 0 Å². The molecular weight excluding hydrogens is 176 g/mol. The van der Waals surface area contributed by atoms with Crippen molar-refractivity contribution in [1.29, 1.82) is 0 Å². The first-order valence-corrected chi connectivity index (χ1v) is 5.29. The van der Waals surface area contributed by atoms with E-state index in [0.29, 0.717) is 5.92 Å². The van der Waals surface area contributed by atoms with Crippen molar-refractivity contribution in [2.45, 2.75) is 46.2 Å². The van der Waals surface area contributed by atoms with Crippen LogP contribution in [-0.4, -0.2) is 15.0 Å². The van der Waals surface area contributed by atoms with E-state index in [9.17, 15) is 0 Å². The highest BCUT2D eigenvalue weighted by Gasteiger charge is 2.07. The van der Waals surface area contributed by atoms with Gasteiger partial charge in [0, 0.05) is 12.6 Å². The fraction of sp³-hybridized carbons (Fsp3) is 0.800. The second kappa shape index (κ2) is 5.10. The zero-order valence-electron chi connectivity index (χ0n) is 9.27. The third-order valence-corrected chi connectivity index (χ3v) is 2.30. The molecule has 2 unspecified atom stereocenters. The molecule has 2 atom stereocenters. The van der Waals surface area contributed by atoms with Gasteiger partial charge < -0.3 is 5.73 Å². The first-order valence-electron chi connectivity index (χ1n) is 5.29. The van der Waals surface area contributed by atoms with Gasteiger partial charge in [-0.2, -0.15) is 0 Å². The molecule has 4 nitrogen and oxygen atoms in total. The van der Waals surface area contributed by atoms with Gasteiger partial charge in [0.2, 0.25) is 0 Å². The Kier molecular flexibility index (Phi) is 4.07. The summed E-state index contributed by atoms with van der Waals surface area (Å²) < 4.78 is 1.89. The van der Waals surface area contributed by atoms with Gasteiger partial charge in [-0.05, 0) is 19.3 Å². The molecule has 4 heteroatoms. The number of hydrogen-bond acceptors (Lipinski definition) is 3. The Balaban J connectivity index is 2.51. The van der Waals surface area contributed by atoms with E-state index in [1.54, 1.807) is 0 Å². The second-order valence-electron chi connectivity index (χ2n) is 4.05. The summed E-state index contributed by atoms with van der Waals surface area (Å²) in [6.45, 7) is 7.29. The number of rotatable bonds is 5. The Morgan fingerprint density at radius 2 is 2.21 bits per heavy atom. The van der Waals surface area contributed by atoms with Crippen molar-refractivity contribution in [3.05, 3.63) is 11.9 Å². The average molecular weight is 196 g/mol. The zero-order valence-corrected chi connectivity index (χ0v) is 9.27. The van der Waals surface area contributed by atoms with Crippen LogP contribution in [0.15, 0.2) is 6.20 Å². The molecule has 1 aromatic heterocycles. The minimum absolute atomic E-state index is 0.0229. The molecule has 0 aromatic carbocycles. The van der Waals surface area contributed by atoms with Gasteiger partial charge in [-0.15, -0.1) is 5.10 Å². The van der Waals surface area contributed by atoms with E-state index in [1.165, 1.54) is 12.8 Å². The van der Waals surface area contributed by atoms with Gasteiger partial charge in [0.1, 0.15) is 0 Å². The standard InChI is InChI=1S/C10H20N4/c1-4-5-8(2)6-14-7-10(9(3)11)12-13-14/h7-9H,4-6,11H2,1-3H3. The molecule has 0 radical (unpaired) electrons. The van der Waals surface area contributed by atoms with Crippen molar-refractivity contribution in [1.82, 2.24) is 15.0 Å². The van der Waals surface area contributed by atoms with E-state index < -0.39 is 0 Å². The van der Waals surface area contributed by atoms with Crippen LogP contribution in [0.1, 0.15) is 45.3 Å². The molecule has 80 valence electrons. The fourth-order valence-corrected chi connectivity index (χ4v) is 1.51. The normalized spacial score (nSPS) is 15.4. The quantitative estimate of drug-likeness (QED) is 0.780. The van der Waals surface area contributed by atoms with Crippen molar-refractivity contribution < 1.29 is 0 Å². The maximum atomic E-state index is 5.70. The summed E-state index contributed by atoms with van der Waals surface area (Å²) in [5, 5.41) is 8.06.